The lowest BCUT2D eigenvalue weighted by Gasteiger charge is -2.34. The minimum atomic E-state index is -0.137. The molecule has 1 aromatic carbocycles. The van der Waals surface area contributed by atoms with Crippen molar-refractivity contribution in [2.75, 3.05) is 6.54 Å². The molecule has 10 heteroatoms. The zero-order chi connectivity index (χ0) is 22.6. The number of carbonyl (C=O) groups excluding carboxylic acids is 2. The average Bonchev–Trinajstić information content (AvgIpc) is 3.33. The van der Waals surface area contributed by atoms with Crippen LogP contribution in [0, 0.1) is 6.92 Å². The molecule has 0 radical (unpaired) electrons. The fourth-order valence-electron chi connectivity index (χ4n) is 4.35. The lowest BCUT2D eigenvalue weighted by molar-refractivity contribution is 0.0637. The zero-order valence-corrected chi connectivity index (χ0v) is 20.0. The number of aromatic nitrogens is 3. The van der Waals surface area contributed by atoms with Crippen LogP contribution in [0.1, 0.15) is 48.9 Å². The standard InChI is InChI=1S/C22H21Cl2N5O2S/c1-12-7-19-16(11-28(12)21(30)14-3-4-17(23)18(24)8-14)20-22(31)27(5-6-29(20)26-19)10-15-9-25-13(2)32-15/h3-4,8-9,12H,5-7,10-11H2,1-2H3/t12-/m1/s1. The Morgan fingerprint density at radius 2 is 2.06 bits per heavy atom. The average molecular weight is 490 g/mol. The van der Waals surface area contributed by atoms with Gasteiger partial charge >= 0.3 is 0 Å². The number of nitrogens with zero attached hydrogens (tertiary/aromatic N) is 5. The van der Waals surface area contributed by atoms with Crippen molar-refractivity contribution in [2.45, 2.75) is 45.9 Å². The minimum Gasteiger partial charge on any atom is -0.331 e. The van der Waals surface area contributed by atoms with Crippen LogP contribution in [0.15, 0.2) is 24.4 Å². The molecule has 4 heterocycles. The number of carbonyl (C=O) groups is 2. The van der Waals surface area contributed by atoms with Crippen LogP contribution < -0.4 is 0 Å². The summed E-state index contributed by atoms with van der Waals surface area (Å²) < 4.78 is 1.81. The third kappa shape index (κ3) is 3.70. The van der Waals surface area contributed by atoms with Crippen molar-refractivity contribution < 1.29 is 9.59 Å². The summed E-state index contributed by atoms with van der Waals surface area (Å²) in [5.41, 5.74) is 2.80. The summed E-state index contributed by atoms with van der Waals surface area (Å²) in [5, 5.41) is 6.45. The minimum absolute atomic E-state index is 0.0484. The summed E-state index contributed by atoms with van der Waals surface area (Å²) in [5.74, 6) is -0.186. The van der Waals surface area contributed by atoms with Crippen LogP contribution >= 0.6 is 34.5 Å². The van der Waals surface area contributed by atoms with E-state index in [0.717, 1.165) is 21.1 Å². The molecule has 1 atom stereocenters. The normalized spacial score (nSPS) is 18.0. The summed E-state index contributed by atoms with van der Waals surface area (Å²) in [7, 11) is 0. The van der Waals surface area contributed by atoms with E-state index in [0.29, 0.717) is 53.9 Å². The highest BCUT2D eigenvalue weighted by Gasteiger charge is 2.37. The van der Waals surface area contributed by atoms with Crippen molar-refractivity contribution in [3.8, 4) is 0 Å². The number of hydrogen-bond acceptors (Lipinski definition) is 5. The smallest absolute Gasteiger partial charge is 0.272 e. The van der Waals surface area contributed by atoms with Gasteiger partial charge in [0, 0.05) is 41.2 Å². The molecular formula is C22H21Cl2N5O2S. The molecule has 0 aliphatic carbocycles. The number of fused-ring (bicyclic) bond motifs is 3. The van der Waals surface area contributed by atoms with E-state index in [-0.39, 0.29) is 17.9 Å². The Labute approximate surface area is 199 Å². The number of amides is 2. The van der Waals surface area contributed by atoms with Crippen molar-refractivity contribution in [1.29, 1.82) is 0 Å². The highest BCUT2D eigenvalue weighted by Crippen LogP contribution is 2.31. The Hall–Kier alpha value is -2.42. The van der Waals surface area contributed by atoms with E-state index in [1.54, 1.807) is 39.1 Å². The molecule has 0 spiro atoms. The van der Waals surface area contributed by atoms with E-state index < -0.39 is 0 Å². The molecule has 2 aromatic heterocycles. The molecule has 0 saturated carbocycles. The third-order valence-corrected chi connectivity index (χ3v) is 7.63. The van der Waals surface area contributed by atoms with E-state index in [9.17, 15) is 9.59 Å². The maximum absolute atomic E-state index is 13.4. The third-order valence-electron chi connectivity index (χ3n) is 6.00. The van der Waals surface area contributed by atoms with Crippen molar-refractivity contribution in [2.24, 2.45) is 0 Å². The van der Waals surface area contributed by atoms with Gasteiger partial charge in [0.15, 0.2) is 0 Å². The lowest BCUT2D eigenvalue weighted by Crippen LogP contribution is -2.44. The summed E-state index contributed by atoms with van der Waals surface area (Å²) in [4.78, 5) is 35.6. The van der Waals surface area contributed by atoms with Gasteiger partial charge in [-0.3, -0.25) is 14.3 Å². The number of benzene rings is 1. The Morgan fingerprint density at radius 1 is 1.25 bits per heavy atom. The van der Waals surface area contributed by atoms with Gasteiger partial charge in [-0.15, -0.1) is 11.3 Å². The van der Waals surface area contributed by atoms with Gasteiger partial charge in [-0.2, -0.15) is 5.10 Å². The second-order valence-corrected chi connectivity index (χ2v) is 10.3. The van der Waals surface area contributed by atoms with Gasteiger partial charge in [0.25, 0.3) is 11.8 Å². The van der Waals surface area contributed by atoms with Gasteiger partial charge in [0.1, 0.15) is 5.69 Å². The van der Waals surface area contributed by atoms with Gasteiger partial charge < -0.3 is 9.80 Å². The molecule has 2 aliphatic heterocycles. The Morgan fingerprint density at radius 3 is 2.78 bits per heavy atom. The Balaban J connectivity index is 1.43. The van der Waals surface area contributed by atoms with Crippen molar-refractivity contribution in [3.63, 3.8) is 0 Å². The van der Waals surface area contributed by atoms with Crippen LogP contribution in [-0.2, 0) is 26.1 Å². The molecular weight excluding hydrogens is 469 g/mol. The van der Waals surface area contributed by atoms with Crippen LogP contribution in [0.5, 0.6) is 0 Å². The second kappa shape index (κ2) is 8.17. The first-order chi connectivity index (χ1) is 15.3. The monoisotopic (exact) mass is 489 g/mol. The molecule has 32 heavy (non-hydrogen) atoms. The lowest BCUT2D eigenvalue weighted by atomic mass is 9.97. The van der Waals surface area contributed by atoms with Crippen LogP contribution in [0.3, 0.4) is 0 Å². The molecule has 3 aromatic rings. The fraction of sp³-hybridized carbons (Fsp3) is 0.364. The topological polar surface area (TPSA) is 71.3 Å². The number of hydrogen-bond donors (Lipinski definition) is 0. The molecule has 0 unspecified atom stereocenters. The zero-order valence-electron chi connectivity index (χ0n) is 17.6. The molecule has 0 bridgehead atoms. The van der Waals surface area contributed by atoms with Gasteiger partial charge in [-0.25, -0.2) is 4.98 Å². The van der Waals surface area contributed by atoms with Gasteiger partial charge in [-0.1, -0.05) is 23.2 Å². The number of aryl methyl sites for hydroxylation is 1. The first-order valence-corrected chi connectivity index (χ1v) is 11.9. The van der Waals surface area contributed by atoms with E-state index in [1.807, 2.05) is 24.9 Å². The van der Waals surface area contributed by atoms with Crippen molar-refractivity contribution in [1.82, 2.24) is 24.6 Å². The van der Waals surface area contributed by atoms with E-state index in [2.05, 4.69) is 4.98 Å². The first-order valence-electron chi connectivity index (χ1n) is 10.4. The number of rotatable bonds is 3. The molecule has 0 N–H and O–H groups in total. The maximum atomic E-state index is 13.4. The molecule has 0 saturated heterocycles. The van der Waals surface area contributed by atoms with E-state index in [4.69, 9.17) is 28.3 Å². The maximum Gasteiger partial charge on any atom is 0.272 e. The van der Waals surface area contributed by atoms with Crippen LogP contribution in [0.2, 0.25) is 10.0 Å². The molecule has 0 fully saturated rings. The predicted octanol–water partition coefficient (Wildman–Crippen LogP) is 4.20. The summed E-state index contributed by atoms with van der Waals surface area (Å²) in [6.45, 7) is 6.07. The Kier molecular flexibility index (Phi) is 5.47. The highest BCUT2D eigenvalue weighted by atomic mass is 35.5. The second-order valence-electron chi connectivity index (χ2n) is 8.18. The number of halogens is 2. The highest BCUT2D eigenvalue weighted by molar-refractivity contribution is 7.11. The summed E-state index contributed by atoms with van der Waals surface area (Å²) in [6.07, 6.45) is 2.43. The quantitative estimate of drug-likeness (QED) is 0.552. The fourth-order valence-corrected chi connectivity index (χ4v) is 5.46. The molecule has 2 amide bonds. The van der Waals surface area contributed by atoms with Gasteiger partial charge in [0.05, 0.1) is 40.4 Å². The van der Waals surface area contributed by atoms with Gasteiger partial charge in [0.2, 0.25) is 0 Å². The van der Waals surface area contributed by atoms with E-state index >= 15 is 0 Å². The molecule has 5 rings (SSSR count). The largest absolute Gasteiger partial charge is 0.331 e. The summed E-state index contributed by atoms with van der Waals surface area (Å²) >= 11 is 13.7. The van der Waals surface area contributed by atoms with Crippen molar-refractivity contribution in [3.05, 3.63) is 66.8 Å². The SMILES string of the molecule is Cc1ncc(CN2CCn3nc4c(c3C2=O)CN(C(=O)c2ccc(Cl)c(Cl)c2)[C@H](C)C4)s1. The molecule has 166 valence electrons. The first kappa shape index (κ1) is 21.4. The van der Waals surface area contributed by atoms with Crippen LogP contribution in [0.4, 0.5) is 0 Å². The predicted molar refractivity (Wildman–Crippen MR) is 123 cm³/mol. The number of thiazole rings is 1. The van der Waals surface area contributed by atoms with Crippen LogP contribution in [-0.4, -0.2) is 49.0 Å². The van der Waals surface area contributed by atoms with Crippen LogP contribution in [0.25, 0.3) is 0 Å². The Bertz CT molecular complexity index is 1240. The molecule has 2 aliphatic rings. The van der Waals surface area contributed by atoms with Gasteiger partial charge in [-0.05, 0) is 32.0 Å². The molecule has 7 nitrogen and oxygen atoms in total. The summed E-state index contributed by atoms with van der Waals surface area (Å²) in [6, 6.07) is 4.84. The van der Waals surface area contributed by atoms with Crippen molar-refractivity contribution >= 4 is 46.4 Å². The van der Waals surface area contributed by atoms with E-state index in [1.165, 1.54) is 0 Å².